The van der Waals surface area contributed by atoms with E-state index in [2.05, 4.69) is 4.98 Å². The van der Waals surface area contributed by atoms with Crippen molar-refractivity contribution in [3.63, 3.8) is 0 Å². The summed E-state index contributed by atoms with van der Waals surface area (Å²) in [4.78, 5) is 25.1. The van der Waals surface area contributed by atoms with E-state index in [1.54, 1.807) is 0 Å². The summed E-state index contributed by atoms with van der Waals surface area (Å²) in [5.74, 6) is -1.16. The third kappa shape index (κ3) is 2.53. The smallest absolute Gasteiger partial charge is 0.309 e. The Hall–Kier alpha value is -1.42. The van der Waals surface area contributed by atoms with Crippen LogP contribution in [0.4, 0.5) is 0 Å². The van der Waals surface area contributed by atoms with Crippen LogP contribution in [0.5, 0.6) is 0 Å². The van der Waals surface area contributed by atoms with Crippen molar-refractivity contribution in [3.8, 4) is 0 Å². The van der Waals surface area contributed by atoms with Crippen molar-refractivity contribution >= 4 is 23.4 Å². The fraction of sp³-hybridized carbons (Fsp3) is 0.222. The molecule has 1 aromatic heterocycles. The molecule has 14 heavy (non-hydrogen) atoms. The van der Waals surface area contributed by atoms with Crippen LogP contribution >= 0.6 is 11.6 Å². The van der Waals surface area contributed by atoms with Gasteiger partial charge in [0.05, 0.1) is 17.1 Å². The Morgan fingerprint density at radius 1 is 1.57 bits per heavy atom. The largest absolute Gasteiger partial charge is 0.481 e. The summed E-state index contributed by atoms with van der Waals surface area (Å²) >= 11 is 5.74. The Morgan fingerprint density at radius 2 is 2.21 bits per heavy atom. The van der Waals surface area contributed by atoms with Crippen LogP contribution in [0.15, 0.2) is 12.3 Å². The number of carboxylic acids is 1. The number of halogens is 1. The number of ketones is 1. The zero-order valence-electron chi connectivity index (χ0n) is 7.45. The zero-order chi connectivity index (χ0) is 10.7. The van der Waals surface area contributed by atoms with Crippen molar-refractivity contribution < 1.29 is 14.7 Å². The first kappa shape index (κ1) is 10.7. The molecule has 0 saturated heterocycles. The van der Waals surface area contributed by atoms with Crippen LogP contribution in [0.1, 0.15) is 23.0 Å². The van der Waals surface area contributed by atoms with Crippen molar-refractivity contribution in [3.05, 3.63) is 28.5 Å². The van der Waals surface area contributed by atoms with Crippen LogP contribution in [-0.4, -0.2) is 21.8 Å². The second kappa shape index (κ2) is 4.19. The van der Waals surface area contributed by atoms with Gasteiger partial charge in [0.25, 0.3) is 0 Å². The van der Waals surface area contributed by atoms with Gasteiger partial charge in [0.2, 0.25) is 0 Å². The van der Waals surface area contributed by atoms with Crippen LogP contribution in [-0.2, 0) is 11.2 Å². The molecule has 4 nitrogen and oxygen atoms in total. The molecule has 0 atom stereocenters. The molecule has 0 bridgehead atoms. The van der Waals surface area contributed by atoms with Crippen molar-refractivity contribution in [2.75, 3.05) is 0 Å². The van der Waals surface area contributed by atoms with E-state index < -0.39 is 5.97 Å². The molecule has 0 aliphatic rings. The SMILES string of the molecule is CC(=O)c1cnc(CC(=O)O)c(Cl)c1. The first-order chi connectivity index (χ1) is 6.50. The van der Waals surface area contributed by atoms with Gasteiger partial charge in [-0.2, -0.15) is 0 Å². The van der Waals surface area contributed by atoms with Crippen LogP contribution in [0.25, 0.3) is 0 Å². The first-order valence-electron chi connectivity index (χ1n) is 3.88. The van der Waals surface area contributed by atoms with Gasteiger partial charge in [0.1, 0.15) is 0 Å². The summed E-state index contributed by atoms with van der Waals surface area (Å²) in [5, 5.41) is 8.71. The third-order valence-corrected chi connectivity index (χ3v) is 1.97. The predicted molar refractivity (Wildman–Crippen MR) is 50.6 cm³/mol. The topological polar surface area (TPSA) is 67.3 Å². The molecule has 1 N–H and O–H groups in total. The van der Waals surface area contributed by atoms with Crippen molar-refractivity contribution in [1.82, 2.24) is 4.98 Å². The molecular formula is C9H8ClNO3. The number of hydrogen-bond donors (Lipinski definition) is 1. The second-order valence-corrected chi connectivity index (χ2v) is 3.19. The average molecular weight is 214 g/mol. The van der Waals surface area contributed by atoms with Crippen LogP contribution in [0, 0.1) is 0 Å². The number of pyridine rings is 1. The molecule has 1 heterocycles. The fourth-order valence-corrected chi connectivity index (χ4v) is 1.17. The van der Waals surface area contributed by atoms with Crippen molar-refractivity contribution in [1.29, 1.82) is 0 Å². The lowest BCUT2D eigenvalue weighted by Crippen LogP contribution is -2.04. The molecule has 0 fully saturated rings. The molecule has 0 aromatic carbocycles. The van der Waals surface area contributed by atoms with E-state index in [1.165, 1.54) is 19.2 Å². The standard InChI is InChI=1S/C9H8ClNO3/c1-5(12)6-2-7(10)8(11-4-6)3-9(13)14/h2,4H,3H2,1H3,(H,13,14). The maximum Gasteiger partial charge on any atom is 0.309 e. The fourth-order valence-electron chi connectivity index (χ4n) is 0.932. The highest BCUT2D eigenvalue weighted by Crippen LogP contribution is 2.16. The molecule has 0 spiro atoms. The van der Waals surface area contributed by atoms with Crippen LogP contribution in [0.3, 0.4) is 0 Å². The molecule has 1 aromatic rings. The molecule has 1 rings (SSSR count). The lowest BCUT2D eigenvalue weighted by molar-refractivity contribution is -0.136. The van der Waals surface area contributed by atoms with Gasteiger partial charge >= 0.3 is 5.97 Å². The number of aromatic nitrogens is 1. The van der Waals surface area contributed by atoms with Gasteiger partial charge in [-0.15, -0.1) is 0 Å². The highest BCUT2D eigenvalue weighted by molar-refractivity contribution is 6.31. The Bertz CT molecular complexity index is 390. The Kier molecular flexibility index (Phi) is 3.19. The summed E-state index contributed by atoms with van der Waals surface area (Å²) in [6.07, 6.45) is 1.09. The first-order valence-corrected chi connectivity index (χ1v) is 4.25. The maximum atomic E-state index is 10.9. The molecule has 5 heteroatoms. The van der Waals surface area contributed by atoms with E-state index >= 15 is 0 Å². The molecular weight excluding hydrogens is 206 g/mol. The summed E-state index contributed by atoms with van der Waals surface area (Å²) < 4.78 is 0. The quantitative estimate of drug-likeness (QED) is 0.774. The molecule has 0 radical (unpaired) electrons. The average Bonchev–Trinajstić information content (AvgIpc) is 2.07. The summed E-state index contributed by atoms with van der Waals surface area (Å²) in [6.45, 7) is 1.39. The van der Waals surface area contributed by atoms with E-state index in [-0.39, 0.29) is 22.9 Å². The lowest BCUT2D eigenvalue weighted by Gasteiger charge is -2.01. The van der Waals surface area contributed by atoms with Crippen molar-refractivity contribution in [2.24, 2.45) is 0 Å². The molecule has 0 saturated carbocycles. The normalized spacial score (nSPS) is 9.86. The highest BCUT2D eigenvalue weighted by atomic mass is 35.5. The zero-order valence-corrected chi connectivity index (χ0v) is 8.21. The minimum absolute atomic E-state index is 0.152. The molecule has 0 unspecified atom stereocenters. The number of carbonyl (C=O) groups is 2. The van der Waals surface area contributed by atoms with Gasteiger partial charge < -0.3 is 5.11 Å². The summed E-state index contributed by atoms with van der Waals surface area (Å²) in [6, 6.07) is 1.43. The Morgan fingerprint density at radius 3 is 2.64 bits per heavy atom. The van der Waals surface area contributed by atoms with E-state index in [1.807, 2.05) is 0 Å². The van der Waals surface area contributed by atoms with Crippen LogP contribution < -0.4 is 0 Å². The molecule has 0 aliphatic heterocycles. The summed E-state index contributed by atoms with van der Waals surface area (Å²) in [7, 11) is 0. The molecule has 0 amide bonds. The number of Topliss-reactive ketones (excluding diaryl/α,β-unsaturated/α-hetero) is 1. The maximum absolute atomic E-state index is 10.9. The van der Waals surface area contributed by atoms with Crippen LogP contribution in [0.2, 0.25) is 5.02 Å². The predicted octanol–water partition coefficient (Wildman–Crippen LogP) is 1.56. The highest BCUT2D eigenvalue weighted by Gasteiger charge is 2.09. The number of carboxylic acid groups (broad SMARTS) is 1. The van der Waals surface area contributed by atoms with Crippen molar-refractivity contribution in [2.45, 2.75) is 13.3 Å². The van der Waals surface area contributed by atoms with E-state index in [0.717, 1.165) is 0 Å². The Labute approximate surface area is 85.5 Å². The number of rotatable bonds is 3. The van der Waals surface area contributed by atoms with Gasteiger partial charge in [0, 0.05) is 11.8 Å². The third-order valence-electron chi connectivity index (χ3n) is 1.64. The molecule has 0 aliphatic carbocycles. The van der Waals surface area contributed by atoms with Gasteiger partial charge in [-0.05, 0) is 13.0 Å². The monoisotopic (exact) mass is 213 g/mol. The lowest BCUT2D eigenvalue weighted by atomic mass is 10.2. The summed E-state index contributed by atoms with van der Waals surface area (Å²) in [5.41, 5.74) is 0.647. The van der Waals surface area contributed by atoms with E-state index in [0.29, 0.717) is 5.56 Å². The minimum atomic E-state index is -1.00. The van der Waals surface area contributed by atoms with Gasteiger partial charge in [0.15, 0.2) is 5.78 Å². The Balaban J connectivity index is 3.01. The number of nitrogens with zero attached hydrogens (tertiary/aromatic N) is 1. The van der Waals surface area contributed by atoms with Gasteiger partial charge in [-0.1, -0.05) is 11.6 Å². The number of hydrogen-bond acceptors (Lipinski definition) is 3. The van der Waals surface area contributed by atoms with Gasteiger partial charge in [-0.3, -0.25) is 14.6 Å². The number of aliphatic carboxylic acids is 1. The molecule has 74 valence electrons. The van der Waals surface area contributed by atoms with E-state index in [9.17, 15) is 9.59 Å². The number of carbonyl (C=O) groups excluding carboxylic acids is 1. The van der Waals surface area contributed by atoms with Gasteiger partial charge in [-0.25, -0.2) is 0 Å². The minimum Gasteiger partial charge on any atom is -0.481 e. The van der Waals surface area contributed by atoms with E-state index in [4.69, 9.17) is 16.7 Å². The second-order valence-electron chi connectivity index (χ2n) is 2.78.